The summed E-state index contributed by atoms with van der Waals surface area (Å²) in [7, 11) is 1.61. The second-order valence-electron chi connectivity index (χ2n) is 7.23. The van der Waals surface area contributed by atoms with Gasteiger partial charge in [-0.05, 0) is 56.0 Å². The Kier molecular flexibility index (Phi) is 5.95. The van der Waals surface area contributed by atoms with Crippen molar-refractivity contribution in [3.8, 4) is 0 Å². The van der Waals surface area contributed by atoms with E-state index in [1.54, 1.807) is 7.11 Å². The fourth-order valence-electron chi connectivity index (χ4n) is 3.44. The number of carbonyl (C=O) groups excluding carboxylic acids is 2. The summed E-state index contributed by atoms with van der Waals surface area (Å²) in [6.45, 7) is 6.83. The summed E-state index contributed by atoms with van der Waals surface area (Å²) in [6, 6.07) is 13.7. The number of aryl methyl sites for hydroxylation is 3. The van der Waals surface area contributed by atoms with Crippen LogP contribution in [0, 0.1) is 20.8 Å². The maximum atomic E-state index is 13.1. The molecule has 0 bridgehead atoms. The van der Waals surface area contributed by atoms with Gasteiger partial charge in [-0.1, -0.05) is 35.9 Å². The molecule has 5 nitrogen and oxygen atoms in total. The number of hydrogen-bond donors (Lipinski definition) is 1. The van der Waals surface area contributed by atoms with Gasteiger partial charge in [0.25, 0.3) is 11.8 Å². The highest BCUT2D eigenvalue weighted by Crippen LogP contribution is 2.31. The standard InChI is InChI=1S/C23H26N2O3/c1-15-6-8-18(9-7-15)20-21(24-19-13-16(2)12-17(3)14-19)23(27)25(22(20)26)10-5-11-28-4/h6-9,12-14,24H,5,10-11H2,1-4H3. The van der Waals surface area contributed by atoms with Crippen LogP contribution in [0.2, 0.25) is 0 Å². The molecule has 1 N–H and O–H groups in total. The Morgan fingerprint density at radius 3 is 2.14 bits per heavy atom. The Bertz CT molecular complexity index is 909. The summed E-state index contributed by atoms with van der Waals surface area (Å²) in [5, 5.41) is 3.22. The predicted octanol–water partition coefficient (Wildman–Crippen LogP) is 3.84. The molecule has 2 aromatic rings. The van der Waals surface area contributed by atoms with Gasteiger partial charge in [0.1, 0.15) is 5.70 Å². The summed E-state index contributed by atoms with van der Waals surface area (Å²) in [6.07, 6.45) is 0.603. The Morgan fingerprint density at radius 1 is 0.893 bits per heavy atom. The topological polar surface area (TPSA) is 58.6 Å². The van der Waals surface area contributed by atoms with Crippen LogP contribution in [0.5, 0.6) is 0 Å². The van der Waals surface area contributed by atoms with Gasteiger partial charge < -0.3 is 10.1 Å². The zero-order chi connectivity index (χ0) is 20.3. The van der Waals surface area contributed by atoms with E-state index < -0.39 is 0 Å². The molecule has 28 heavy (non-hydrogen) atoms. The number of anilines is 1. The van der Waals surface area contributed by atoms with Crippen LogP contribution in [0.4, 0.5) is 5.69 Å². The van der Waals surface area contributed by atoms with E-state index in [9.17, 15) is 9.59 Å². The fourth-order valence-corrected chi connectivity index (χ4v) is 3.44. The van der Waals surface area contributed by atoms with E-state index in [-0.39, 0.29) is 11.8 Å². The largest absolute Gasteiger partial charge is 0.385 e. The van der Waals surface area contributed by atoms with Crippen LogP contribution in [0.15, 0.2) is 48.2 Å². The Balaban J connectivity index is 2.01. The smallest absolute Gasteiger partial charge is 0.278 e. The number of rotatable bonds is 7. The van der Waals surface area contributed by atoms with E-state index >= 15 is 0 Å². The second-order valence-corrected chi connectivity index (χ2v) is 7.23. The van der Waals surface area contributed by atoms with E-state index in [0.29, 0.717) is 30.8 Å². The summed E-state index contributed by atoms with van der Waals surface area (Å²) in [5.74, 6) is -0.562. The van der Waals surface area contributed by atoms with Gasteiger partial charge in [-0.15, -0.1) is 0 Å². The molecule has 1 aliphatic rings. The van der Waals surface area contributed by atoms with Gasteiger partial charge in [0.05, 0.1) is 5.57 Å². The Hall–Kier alpha value is -2.92. The zero-order valence-electron chi connectivity index (χ0n) is 16.8. The fraction of sp³-hybridized carbons (Fsp3) is 0.304. The first kappa shape index (κ1) is 19.8. The van der Waals surface area contributed by atoms with E-state index in [1.165, 1.54) is 4.90 Å². The number of hydrogen-bond acceptors (Lipinski definition) is 4. The molecule has 2 aromatic carbocycles. The normalized spacial score (nSPS) is 14.2. The third-order valence-corrected chi connectivity index (χ3v) is 4.73. The molecule has 5 heteroatoms. The third kappa shape index (κ3) is 4.15. The predicted molar refractivity (Wildman–Crippen MR) is 111 cm³/mol. The molecule has 1 aliphatic heterocycles. The number of nitrogens with zero attached hydrogens (tertiary/aromatic N) is 1. The van der Waals surface area contributed by atoms with Crippen LogP contribution in [0.1, 0.15) is 28.7 Å². The maximum Gasteiger partial charge on any atom is 0.278 e. The van der Waals surface area contributed by atoms with Crippen molar-refractivity contribution in [2.45, 2.75) is 27.2 Å². The molecular weight excluding hydrogens is 352 g/mol. The van der Waals surface area contributed by atoms with Gasteiger partial charge in [-0.3, -0.25) is 14.5 Å². The molecule has 0 unspecified atom stereocenters. The van der Waals surface area contributed by atoms with Crippen molar-refractivity contribution in [1.29, 1.82) is 0 Å². The van der Waals surface area contributed by atoms with Gasteiger partial charge in [0, 0.05) is 25.9 Å². The van der Waals surface area contributed by atoms with Crippen LogP contribution in [-0.4, -0.2) is 37.0 Å². The van der Waals surface area contributed by atoms with Crippen LogP contribution in [0.25, 0.3) is 5.57 Å². The molecule has 0 atom stereocenters. The molecule has 0 fully saturated rings. The van der Waals surface area contributed by atoms with Crippen LogP contribution >= 0.6 is 0 Å². The molecule has 146 valence electrons. The summed E-state index contributed by atoms with van der Waals surface area (Å²) >= 11 is 0. The first-order valence-corrected chi connectivity index (χ1v) is 9.42. The summed E-state index contributed by atoms with van der Waals surface area (Å²) in [5.41, 5.74) is 5.57. The second kappa shape index (κ2) is 8.40. The lowest BCUT2D eigenvalue weighted by molar-refractivity contribution is -0.136. The van der Waals surface area contributed by atoms with Gasteiger partial charge >= 0.3 is 0 Å². The SMILES string of the molecule is COCCCN1C(=O)C(Nc2cc(C)cc(C)c2)=C(c2ccc(C)cc2)C1=O. The molecule has 0 aliphatic carbocycles. The number of nitrogens with one attached hydrogen (secondary N) is 1. The minimum absolute atomic E-state index is 0.267. The molecule has 0 spiro atoms. The van der Waals surface area contributed by atoms with E-state index in [4.69, 9.17) is 4.74 Å². The van der Waals surface area contributed by atoms with Crippen molar-refractivity contribution in [2.75, 3.05) is 25.6 Å². The number of methoxy groups -OCH3 is 1. The third-order valence-electron chi connectivity index (χ3n) is 4.73. The first-order valence-electron chi connectivity index (χ1n) is 9.42. The zero-order valence-corrected chi connectivity index (χ0v) is 16.8. The number of carbonyl (C=O) groups is 2. The van der Waals surface area contributed by atoms with E-state index in [0.717, 1.165) is 27.9 Å². The van der Waals surface area contributed by atoms with Gasteiger partial charge in [-0.2, -0.15) is 0 Å². The van der Waals surface area contributed by atoms with Crippen molar-refractivity contribution in [3.63, 3.8) is 0 Å². The van der Waals surface area contributed by atoms with Crippen molar-refractivity contribution in [3.05, 3.63) is 70.4 Å². The molecule has 0 saturated carbocycles. The van der Waals surface area contributed by atoms with Crippen LogP contribution in [0.3, 0.4) is 0 Å². The molecule has 3 rings (SSSR count). The van der Waals surface area contributed by atoms with Crippen LogP contribution in [-0.2, 0) is 14.3 Å². The molecule has 0 saturated heterocycles. The highest BCUT2D eigenvalue weighted by atomic mass is 16.5. The molecule has 0 aromatic heterocycles. The number of benzene rings is 2. The lowest BCUT2D eigenvalue weighted by Crippen LogP contribution is -2.33. The average molecular weight is 378 g/mol. The summed E-state index contributed by atoms with van der Waals surface area (Å²) in [4.78, 5) is 27.5. The molecule has 1 heterocycles. The lowest BCUT2D eigenvalue weighted by Gasteiger charge is -2.15. The van der Waals surface area contributed by atoms with Crippen LogP contribution < -0.4 is 5.32 Å². The summed E-state index contributed by atoms with van der Waals surface area (Å²) < 4.78 is 5.07. The van der Waals surface area contributed by atoms with Crippen molar-refractivity contribution >= 4 is 23.1 Å². The highest BCUT2D eigenvalue weighted by molar-refractivity contribution is 6.36. The highest BCUT2D eigenvalue weighted by Gasteiger charge is 2.38. The minimum atomic E-state index is -0.296. The number of ether oxygens (including phenoxy) is 1. The van der Waals surface area contributed by atoms with E-state index in [1.807, 2.05) is 57.2 Å². The molecule has 2 amide bonds. The van der Waals surface area contributed by atoms with E-state index in [2.05, 4.69) is 11.4 Å². The van der Waals surface area contributed by atoms with Gasteiger partial charge in [-0.25, -0.2) is 0 Å². The number of amides is 2. The minimum Gasteiger partial charge on any atom is -0.385 e. The maximum absolute atomic E-state index is 13.1. The van der Waals surface area contributed by atoms with Crippen molar-refractivity contribution < 1.29 is 14.3 Å². The average Bonchev–Trinajstić information content (AvgIpc) is 2.86. The van der Waals surface area contributed by atoms with Gasteiger partial charge in [0.2, 0.25) is 0 Å². The lowest BCUT2D eigenvalue weighted by atomic mass is 10.0. The van der Waals surface area contributed by atoms with Crippen molar-refractivity contribution in [1.82, 2.24) is 4.90 Å². The Morgan fingerprint density at radius 2 is 1.54 bits per heavy atom. The van der Waals surface area contributed by atoms with Gasteiger partial charge in [0.15, 0.2) is 0 Å². The molecule has 0 radical (unpaired) electrons. The quantitative estimate of drug-likeness (QED) is 0.587. The molecular formula is C23H26N2O3. The number of imide groups is 1. The monoisotopic (exact) mass is 378 g/mol. The Labute approximate surface area is 166 Å². The first-order chi connectivity index (χ1) is 13.4. The van der Waals surface area contributed by atoms with Crippen molar-refractivity contribution in [2.24, 2.45) is 0 Å².